The molecule has 0 fully saturated rings. The topological polar surface area (TPSA) is 52.3 Å². The van der Waals surface area contributed by atoms with Crippen molar-refractivity contribution in [1.82, 2.24) is 0 Å². The molecule has 14 heavy (non-hydrogen) atoms. The van der Waals surface area contributed by atoms with Crippen molar-refractivity contribution >= 4 is 5.97 Å². The first-order valence-corrected chi connectivity index (χ1v) is 5.33. The molecule has 2 N–H and O–H groups in total. The molecule has 0 saturated carbocycles. The quantitative estimate of drug-likeness (QED) is 0.668. The lowest BCUT2D eigenvalue weighted by Gasteiger charge is -2.26. The number of carbonyl (C=O) groups excluding carboxylic acids is 1. The van der Waals surface area contributed by atoms with Crippen molar-refractivity contribution in [3.05, 3.63) is 0 Å². The van der Waals surface area contributed by atoms with Gasteiger partial charge in [0.05, 0.1) is 12.0 Å². The van der Waals surface area contributed by atoms with Gasteiger partial charge in [0.15, 0.2) is 0 Å². The fourth-order valence-electron chi connectivity index (χ4n) is 1.20. The zero-order valence-electron chi connectivity index (χ0n) is 9.80. The highest BCUT2D eigenvalue weighted by Gasteiger charge is 2.32. The molecule has 0 spiro atoms. The smallest absolute Gasteiger partial charge is 0.313 e. The van der Waals surface area contributed by atoms with Gasteiger partial charge in [-0.05, 0) is 32.6 Å². The minimum absolute atomic E-state index is 0.164. The number of rotatable bonds is 6. The summed E-state index contributed by atoms with van der Waals surface area (Å²) in [5.41, 5.74) is 5.12. The molecule has 1 unspecified atom stereocenters. The molecule has 0 radical (unpaired) electrons. The van der Waals surface area contributed by atoms with Crippen molar-refractivity contribution in [1.29, 1.82) is 0 Å². The van der Waals surface area contributed by atoms with Crippen LogP contribution in [0.3, 0.4) is 0 Å². The maximum atomic E-state index is 11.6. The number of carbonyl (C=O) groups is 1. The minimum atomic E-state index is -0.500. The summed E-state index contributed by atoms with van der Waals surface area (Å²) >= 11 is 0. The molecule has 0 saturated heterocycles. The minimum Gasteiger partial charge on any atom is -0.466 e. The van der Waals surface area contributed by atoms with Crippen LogP contribution in [0.15, 0.2) is 0 Å². The van der Waals surface area contributed by atoms with E-state index in [4.69, 9.17) is 10.5 Å². The maximum Gasteiger partial charge on any atom is 0.313 e. The second-order valence-electron chi connectivity index (χ2n) is 4.42. The zero-order chi connectivity index (χ0) is 11.2. The van der Waals surface area contributed by atoms with Gasteiger partial charge in [0.1, 0.15) is 0 Å². The second kappa shape index (κ2) is 6.02. The van der Waals surface area contributed by atoms with Crippen LogP contribution in [0.5, 0.6) is 0 Å². The third kappa shape index (κ3) is 4.09. The van der Waals surface area contributed by atoms with E-state index in [9.17, 15) is 4.79 Å². The van der Waals surface area contributed by atoms with Crippen molar-refractivity contribution in [3.63, 3.8) is 0 Å². The Labute approximate surface area is 87.0 Å². The van der Waals surface area contributed by atoms with E-state index in [1.807, 2.05) is 13.8 Å². The van der Waals surface area contributed by atoms with Gasteiger partial charge in [-0.25, -0.2) is 0 Å². The third-order valence-corrected chi connectivity index (χ3v) is 2.49. The summed E-state index contributed by atoms with van der Waals surface area (Å²) in [6.45, 7) is 8.77. The summed E-state index contributed by atoms with van der Waals surface area (Å²) in [6, 6.07) is 0. The lowest BCUT2D eigenvalue weighted by Crippen LogP contribution is -2.37. The van der Waals surface area contributed by atoms with Crippen LogP contribution in [-0.2, 0) is 9.53 Å². The summed E-state index contributed by atoms with van der Waals surface area (Å²) in [7, 11) is 0. The van der Waals surface area contributed by atoms with Crippen LogP contribution in [0.1, 0.15) is 40.5 Å². The molecular weight excluding hydrogens is 178 g/mol. The Balaban J connectivity index is 4.23. The summed E-state index contributed by atoms with van der Waals surface area (Å²) in [4.78, 5) is 11.6. The Bertz CT molecular complexity index is 180. The van der Waals surface area contributed by atoms with E-state index in [0.717, 1.165) is 12.8 Å². The Morgan fingerprint density at radius 3 is 2.43 bits per heavy atom. The number of ether oxygens (including phenoxy) is 1. The monoisotopic (exact) mass is 201 g/mol. The van der Waals surface area contributed by atoms with Gasteiger partial charge in [0.2, 0.25) is 0 Å². The third-order valence-electron chi connectivity index (χ3n) is 2.49. The molecule has 0 aliphatic heterocycles. The fraction of sp³-hybridized carbons (Fsp3) is 0.909. The van der Waals surface area contributed by atoms with E-state index < -0.39 is 5.41 Å². The van der Waals surface area contributed by atoms with Gasteiger partial charge in [-0.2, -0.15) is 0 Å². The molecule has 3 nitrogen and oxygen atoms in total. The largest absolute Gasteiger partial charge is 0.466 e. The van der Waals surface area contributed by atoms with Gasteiger partial charge in [-0.15, -0.1) is 0 Å². The van der Waals surface area contributed by atoms with Crippen LogP contribution in [-0.4, -0.2) is 19.1 Å². The molecule has 0 aromatic rings. The van der Waals surface area contributed by atoms with Crippen LogP contribution >= 0.6 is 0 Å². The number of nitrogens with two attached hydrogens (primary N) is 1. The first-order chi connectivity index (χ1) is 6.46. The molecule has 1 atom stereocenters. The lowest BCUT2D eigenvalue weighted by molar-refractivity contribution is -0.154. The lowest BCUT2D eigenvalue weighted by atomic mass is 9.83. The summed E-state index contributed by atoms with van der Waals surface area (Å²) < 4.78 is 5.01. The highest BCUT2D eigenvalue weighted by molar-refractivity contribution is 5.76. The Morgan fingerprint density at radius 2 is 2.07 bits per heavy atom. The molecule has 0 aliphatic rings. The molecule has 84 valence electrons. The van der Waals surface area contributed by atoms with E-state index in [1.54, 1.807) is 0 Å². The summed E-state index contributed by atoms with van der Waals surface area (Å²) in [5.74, 6) is 0.429. The molecule has 0 bridgehead atoms. The number of esters is 1. The average Bonchev–Trinajstić information content (AvgIpc) is 2.14. The second-order valence-corrected chi connectivity index (χ2v) is 4.42. The van der Waals surface area contributed by atoms with E-state index in [1.165, 1.54) is 0 Å². The van der Waals surface area contributed by atoms with Gasteiger partial charge in [-0.1, -0.05) is 13.8 Å². The molecule has 0 rings (SSSR count). The van der Waals surface area contributed by atoms with Crippen LogP contribution in [0.2, 0.25) is 0 Å². The van der Waals surface area contributed by atoms with Gasteiger partial charge >= 0.3 is 5.97 Å². The highest BCUT2D eigenvalue weighted by atomic mass is 16.5. The Morgan fingerprint density at radius 1 is 1.50 bits per heavy atom. The van der Waals surface area contributed by atoms with Crippen molar-refractivity contribution in [2.75, 3.05) is 13.2 Å². The predicted molar refractivity (Wildman–Crippen MR) is 57.9 cm³/mol. The van der Waals surface area contributed by atoms with E-state index in [-0.39, 0.29) is 5.97 Å². The standard InChI is InChI=1S/C11H23NO2/c1-5-14-10(13)11(4,8-12)7-6-9(2)3/h9H,5-8,12H2,1-4H3. The average molecular weight is 201 g/mol. The summed E-state index contributed by atoms with van der Waals surface area (Å²) in [6.07, 6.45) is 1.81. The van der Waals surface area contributed by atoms with Gasteiger partial charge < -0.3 is 10.5 Å². The highest BCUT2D eigenvalue weighted by Crippen LogP contribution is 2.25. The van der Waals surface area contributed by atoms with Crippen molar-refractivity contribution in [3.8, 4) is 0 Å². The maximum absolute atomic E-state index is 11.6. The molecule has 0 aliphatic carbocycles. The molecule has 3 heteroatoms. The van der Waals surface area contributed by atoms with Gasteiger partial charge in [0, 0.05) is 6.54 Å². The van der Waals surface area contributed by atoms with E-state index in [2.05, 4.69) is 13.8 Å². The predicted octanol–water partition coefficient (Wildman–Crippen LogP) is 1.95. The van der Waals surface area contributed by atoms with Crippen LogP contribution < -0.4 is 5.73 Å². The first kappa shape index (κ1) is 13.4. The molecule has 0 heterocycles. The van der Waals surface area contributed by atoms with Gasteiger partial charge in [0.25, 0.3) is 0 Å². The number of hydrogen-bond donors (Lipinski definition) is 1. The Kier molecular flexibility index (Phi) is 5.77. The zero-order valence-corrected chi connectivity index (χ0v) is 9.80. The molecule has 0 amide bonds. The molecule has 0 aromatic carbocycles. The summed E-state index contributed by atoms with van der Waals surface area (Å²) in [5, 5.41) is 0. The van der Waals surface area contributed by atoms with E-state index in [0.29, 0.717) is 19.1 Å². The fourth-order valence-corrected chi connectivity index (χ4v) is 1.20. The van der Waals surface area contributed by atoms with Crippen LogP contribution in [0.4, 0.5) is 0 Å². The first-order valence-electron chi connectivity index (χ1n) is 5.33. The van der Waals surface area contributed by atoms with Crippen molar-refractivity contribution in [2.24, 2.45) is 17.1 Å². The van der Waals surface area contributed by atoms with Crippen LogP contribution in [0, 0.1) is 11.3 Å². The molecular formula is C11H23NO2. The van der Waals surface area contributed by atoms with E-state index >= 15 is 0 Å². The normalized spacial score (nSPS) is 15.3. The number of hydrogen-bond acceptors (Lipinski definition) is 3. The Hall–Kier alpha value is -0.570. The van der Waals surface area contributed by atoms with Crippen molar-refractivity contribution in [2.45, 2.75) is 40.5 Å². The SMILES string of the molecule is CCOC(=O)C(C)(CN)CCC(C)C. The van der Waals surface area contributed by atoms with Crippen molar-refractivity contribution < 1.29 is 9.53 Å². The van der Waals surface area contributed by atoms with Gasteiger partial charge in [-0.3, -0.25) is 4.79 Å². The molecule has 0 aromatic heterocycles. The van der Waals surface area contributed by atoms with Crippen LogP contribution in [0.25, 0.3) is 0 Å².